The fourth-order valence-electron chi connectivity index (χ4n) is 11.4. The topological polar surface area (TPSA) is 621 Å². The van der Waals surface area contributed by atoms with Gasteiger partial charge in [-0.25, -0.2) is 0 Å². The maximum absolute atomic E-state index is 12.4. The Morgan fingerprint density at radius 2 is 0.600 bits per heavy atom. The Balaban J connectivity index is 1.26. The van der Waals surface area contributed by atoms with E-state index in [1.54, 1.807) is 0 Å². The Hall–Kier alpha value is -3.40. The number of carbonyl (C=O) groups excluding carboxylic acids is 4. The molecule has 0 aromatic carbocycles. The number of ether oxygens (including phenoxy) is 13. The molecule has 90 heavy (non-hydrogen) atoms. The fourth-order valence-corrected chi connectivity index (χ4v) is 11.4. The summed E-state index contributed by atoms with van der Waals surface area (Å²) in [5, 5.41) is 218. The van der Waals surface area contributed by atoms with Gasteiger partial charge < -0.3 is 180 Å². The lowest BCUT2D eigenvalue weighted by Gasteiger charge is -2.50. The van der Waals surface area contributed by atoms with Crippen LogP contribution in [0.15, 0.2) is 0 Å². The number of rotatable bonds is 23. The Bertz CT molecular complexity index is 2310. The first-order valence-electron chi connectivity index (χ1n) is 28.6. The van der Waals surface area contributed by atoms with Crippen molar-refractivity contribution in [3.05, 3.63) is 0 Å². The van der Waals surface area contributed by atoms with Crippen LogP contribution >= 0.6 is 0 Å². The van der Waals surface area contributed by atoms with E-state index in [0.29, 0.717) is 0 Å². The van der Waals surface area contributed by atoms with Gasteiger partial charge in [-0.05, 0) is 0 Å². The van der Waals surface area contributed by atoms with Crippen LogP contribution in [0.5, 0.6) is 0 Å². The zero-order chi connectivity index (χ0) is 66.5. The van der Waals surface area contributed by atoms with Crippen molar-refractivity contribution in [1.29, 1.82) is 0 Å². The van der Waals surface area contributed by atoms with Crippen molar-refractivity contribution >= 4 is 23.6 Å². The standard InChI is InChI=1S/C50H84N4O36/c1-12(60)51-23-36(73)40(20(9-59)80-44(23)77)87-48-39(76)41(88-50-43(37(74)30(67)19(8-58)84-50)90-47-26(54-15(4)63)35(72)29(66)18(7-57)83-47)32(69)22(85-48)11-79-49-42(89-46-25(53-14(3)62)34(71)28(65)17(6-56)82-46)38(75)31(68)21(86-49)10-78-45-24(52-13(2)61)33(70)27(64)16(5-55)81-45/h16-50,55-59,64-77H,5-11H2,1-4H3,(H,51,60)(H,52,61)(H,53,62)(H,54,63)/t16-,17-,18-,19-,20-,21-,22-,23-,24-,25-,26-,27-,28-,29-,30-,31-,32-,33-,34-,35-,36-,37+,38+,39+,40-,41+,42+,43+,44?,45-,46+,47+,48+,49+,50-/m1/s1. The predicted octanol–water partition coefficient (Wildman–Crippen LogP) is -15.7. The fraction of sp³-hybridized carbons (Fsp3) is 0.920. The number of aliphatic hydroxyl groups is 19. The summed E-state index contributed by atoms with van der Waals surface area (Å²) in [6.45, 7) is -2.91. The Morgan fingerprint density at radius 3 is 1.03 bits per heavy atom. The van der Waals surface area contributed by atoms with Gasteiger partial charge in [-0.3, -0.25) is 19.2 Å². The summed E-state index contributed by atoms with van der Waals surface area (Å²) >= 11 is 0. The quantitative estimate of drug-likeness (QED) is 0.0452. The first-order valence-corrected chi connectivity index (χ1v) is 28.6. The molecule has 0 saturated carbocycles. The average molecular weight is 1320 g/mol. The normalized spacial score (nSPS) is 47.6. The lowest BCUT2D eigenvalue weighted by Crippen LogP contribution is -2.69. The molecule has 0 bridgehead atoms. The molecule has 0 aromatic rings. The SMILES string of the molecule is CC(=O)N[C@H]1[C@H](OC[C@H]2O[C@H](OC[C@H]3O[C@@H](O[C@H]4[C@H](O)[C@@H](NC(C)=O)C(O)O[C@@H]4CO)[C@@H](O)[C@@H](O[C@H]4O[C@H](CO)[C@@H](O)[C@H](O)[C@@H]4O[C@@H]4O[C@H](CO)[C@@H](O)[C@H](O)[C@H]4NC(C)=O)[C@@H]3O)[C@@H](O[C@@H]3O[C@H](CO)[C@@H](O)[C@H](O)[C@H]3NC(C)=O)[C@@H](O)[C@@H]2O)O[C@H](CO)[C@@H](O)[C@@H]1O. The summed E-state index contributed by atoms with van der Waals surface area (Å²) in [6, 6.07) is -6.72. The molecule has 0 aliphatic carbocycles. The maximum atomic E-state index is 12.4. The highest BCUT2D eigenvalue weighted by Gasteiger charge is 2.58. The lowest BCUT2D eigenvalue weighted by molar-refractivity contribution is -0.394. The molecule has 4 amide bonds. The molecule has 40 heteroatoms. The summed E-state index contributed by atoms with van der Waals surface area (Å²) in [6.07, 6.45) is -61.9. The molecule has 0 aromatic heterocycles. The van der Waals surface area contributed by atoms with E-state index in [9.17, 15) is 116 Å². The average Bonchev–Trinajstić information content (AvgIpc) is 0.888. The summed E-state index contributed by atoms with van der Waals surface area (Å²) in [5.74, 6) is -3.23. The molecular weight excluding hydrogens is 1230 g/mol. The van der Waals surface area contributed by atoms with Crippen molar-refractivity contribution in [1.82, 2.24) is 21.3 Å². The molecule has 35 atom stereocenters. The molecule has 7 aliphatic heterocycles. The lowest BCUT2D eigenvalue weighted by atomic mass is 9.94. The van der Waals surface area contributed by atoms with Crippen molar-refractivity contribution in [2.45, 2.75) is 242 Å². The van der Waals surface area contributed by atoms with Gasteiger partial charge >= 0.3 is 0 Å². The van der Waals surface area contributed by atoms with Gasteiger partial charge in [-0.15, -0.1) is 0 Å². The van der Waals surface area contributed by atoms with Gasteiger partial charge in [0.1, 0.15) is 171 Å². The molecule has 0 spiro atoms. The monoisotopic (exact) mass is 1320 g/mol. The third kappa shape index (κ3) is 16.6. The van der Waals surface area contributed by atoms with Crippen LogP contribution in [0.3, 0.4) is 0 Å². The van der Waals surface area contributed by atoms with Crippen LogP contribution in [0.4, 0.5) is 0 Å². The van der Waals surface area contributed by atoms with Gasteiger partial charge in [0, 0.05) is 27.7 Å². The number of hydrogen-bond donors (Lipinski definition) is 23. The van der Waals surface area contributed by atoms with Crippen molar-refractivity contribution in [3.8, 4) is 0 Å². The summed E-state index contributed by atoms with van der Waals surface area (Å²) in [4.78, 5) is 49.2. The largest absolute Gasteiger partial charge is 0.394 e. The Labute approximate surface area is 510 Å². The van der Waals surface area contributed by atoms with E-state index < -0.39 is 285 Å². The number of hydrogen-bond acceptors (Lipinski definition) is 36. The molecule has 7 fully saturated rings. The van der Waals surface area contributed by atoms with E-state index in [0.717, 1.165) is 27.7 Å². The van der Waals surface area contributed by atoms with E-state index in [1.807, 2.05) is 0 Å². The van der Waals surface area contributed by atoms with Crippen LogP contribution in [0.1, 0.15) is 27.7 Å². The molecule has 7 heterocycles. The van der Waals surface area contributed by atoms with E-state index in [4.69, 9.17) is 61.6 Å². The molecule has 7 aliphatic rings. The molecule has 7 rings (SSSR count). The van der Waals surface area contributed by atoms with Crippen molar-refractivity contribution in [2.24, 2.45) is 0 Å². The van der Waals surface area contributed by atoms with Crippen LogP contribution in [0.2, 0.25) is 0 Å². The molecule has 1 unspecified atom stereocenters. The maximum Gasteiger partial charge on any atom is 0.217 e. The third-order valence-electron chi connectivity index (χ3n) is 16.1. The zero-order valence-corrected chi connectivity index (χ0v) is 48.6. The van der Waals surface area contributed by atoms with Gasteiger partial charge in [0.15, 0.2) is 44.0 Å². The van der Waals surface area contributed by atoms with Crippen molar-refractivity contribution < 1.29 is 178 Å². The van der Waals surface area contributed by atoms with Gasteiger partial charge in [0.2, 0.25) is 23.6 Å². The van der Waals surface area contributed by atoms with Gasteiger partial charge in [0.25, 0.3) is 0 Å². The molecule has 7 saturated heterocycles. The second-order valence-corrected chi connectivity index (χ2v) is 22.6. The van der Waals surface area contributed by atoms with E-state index in [2.05, 4.69) is 21.3 Å². The van der Waals surface area contributed by atoms with Gasteiger partial charge in [-0.1, -0.05) is 0 Å². The summed E-state index contributed by atoms with van der Waals surface area (Å²) in [5.41, 5.74) is 0. The van der Waals surface area contributed by atoms with Crippen LogP contribution in [-0.4, -0.2) is 382 Å². The molecule has 0 radical (unpaired) electrons. The van der Waals surface area contributed by atoms with E-state index in [1.165, 1.54) is 0 Å². The highest BCUT2D eigenvalue weighted by atomic mass is 16.8. The number of nitrogens with one attached hydrogen (secondary N) is 4. The van der Waals surface area contributed by atoms with Gasteiger partial charge in [-0.2, -0.15) is 0 Å². The highest BCUT2D eigenvalue weighted by Crippen LogP contribution is 2.37. The van der Waals surface area contributed by atoms with Crippen LogP contribution in [0.25, 0.3) is 0 Å². The van der Waals surface area contributed by atoms with Gasteiger partial charge in [0.05, 0.1) is 46.2 Å². The minimum atomic E-state index is -2.41. The first-order chi connectivity index (χ1) is 42.5. The first kappa shape index (κ1) is 74.0. The van der Waals surface area contributed by atoms with Crippen LogP contribution < -0.4 is 21.3 Å². The Morgan fingerprint density at radius 1 is 0.289 bits per heavy atom. The predicted molar refractivity (Wildman–Crippen MR) is 278 cm³/mol. The molecule has 40 nitrogen and oxygen atoms in total. The highest BCUT2D eigenvalue weighted by molar-refractivity contribution is 5.74. The number of amides is 4. The number of carbonyl (C=O) groups is 4. The summed E-state index contributed by atoms with van der Waals surface area (Å²) < 4.78 is 76.6. The molecular formula is C50H84N4O36. The smallest absolute Gasteiger partial charge is 0.217 e. The van der Waals surface area contributed by atoms with Crippen LogP contribution in [0, 0.1) is 0 Å². The second-order valence-electron chi connectivity index (χ2n) is 22.6. The minimum absolute atomic E-state index is 0.757. The third-order valence-corrected chi connectivity index (χ3v) is 16.1. The molecule has 520 valence electrons. The molecule has 23 N–H and O–H groups in total. The van der Waals surface area contributed by atoms with E-state index in [-0.39, 0.29) is 0 Å². The summed E-state index contributed by atoms with van der Waals surface area (Å²) in [7, 11) is 0. The second kappa shape index (κ2) is 32.4. The van der Waals surface area contributed by atoms with Crippen molar-refractivity contribution in [3.63, 3.8) is 0 Å². The number of aliphatic hydroxyl groups excluding tert-OH is 19. The van der Waals surface area contributed by atoms with E-state index >= 15 is 0 Å². The zero-order valence-electron chi connectivity index (χ0n) is 48.6. The van der Waals surface area contributed by atoms with Crippen molar-refractivity contribution in [2.75, 3.05) is 46.2 Å². The Kier molecular flexibility index (Phi) is 26.6. The minimum Gasteiger partial charge on any atom is -0.394 e. The van der Waals surface area contributed by atoms with Crippen LogP contribution in [-0.2, 0) is 80.8 Å².